The molecule has 25 heavy (non-hydrogen) atoms. The van der Waals surface area contributed by atoms with Crippen molar-refractivity contribution in [1.82, 2.24) is 15.2 Å². The van der Waals surface area contributed by atoms with Gasteiger partial charge in [0.2, 0.25) is 0 Å². The van der Waals surface area contributed by atoms with Crippen LogP contribution in [0.15, 0.2) is 41.2 Å². The molecule has 130 valence electrons. The molecule has 5 nitrogen and oxygen atoms in total. The molecule has 0 unspecified atom stereocenters. The number of benzene rings is 1. The molecule has 0 aliphatic rings. The highest BCUT2D eigenvalue weighted by Crippen LogP contribution is 2.28. The van der Waals surface area contributed by atoms with Gasteiger partial charge >= 0.3 is 6.18 Å². The van der Waals surface area contributed by atoms with Crippen molar-refractivity contribution in [2.75, 3.05) is 0 Å². The molecule has 0 spiro atoms. The van der Waals surface area contributed by atoms with Crippen molar-refractivity contribution in [2.45, 2.75) is 12.6 Å². The molecular formula is C17H14F3N3O2. The van der Waals surface area contributed by atoms with E-state index in [4.69, 9.17) is 0 Å². The molecule has 1 aromatic carbocycles. The minimum absolute atomic E-state index is 0.153. The Morgan fingerprint density at radius 1 is 1.04 bits per heavy atom. The lowest BCUT2D eigenvalue weighted by Gasteiger charge is -2.01. The molecular weight excluding hydrogens is 335 g/mol. The second kappa shape index (κ2) is 6.39. The van der Waals surface area contributed by atoms with Gasteiger partial charge in [0.05, 0.1) is 10.6 Å². The molecule has 0 aliphatic heterocycles. The lowest BCUT2D eigenvalue weighted by molar-refractivity contribution is -0.140. The van der Waals surface area contributed by atoms with E-state index in [-0.39, 0.29) is 16.7 Å². The molecule has 8 heteroatoms. The summed E-state index contributed by atoms with van der Waals surface area (Å²) in [5.41, 5.74) is -0.220. The zero-order chi connectivity index (χ0) is 18.0. The number of phenols is 1. The van der Waals surface area contributed by atoms with Crippen LogP contribution in [-0.4, -0.2) is 20.3 Å². The van der Waals surface area contributed by atoms with E-state index in [2.05, 4.69) is 15.2 Å². The molecule has 2 aromatic heterocycles. The first-order valence-corrected chi connectivity index (χ1v) is 7.35. The van der Waals surface area contributed by atoms with Gasteiger partial charge in [0.25, 0.3) is 5.56 Å². The van der Waals surface area contributed by atoms with Gasteiger partial charge in [-0.1, -0.05) is 18.2 Å². The number of hydrogen-bond donors (Lipinski definition) is 4. The Morgan fingerprint density at radius 2 is 1.76 bits per heavy atom. The quantitative estimate of drug-likeness (QED) is 0.579. The first kappa shape index (κ1) is 16.7. The van der Waals surface area contributed by atoms with Gasteiger partial charge in [-0.25, -0.2) is 0 Å². The van der Waals surface area contributed by atoms with Crippen LogP contribution in [0.25, 0.3) is 12.2 Å². The number of alkyl halides is 3. The van der Waals surface area contributed by atoms with Crippen LogP contribution in [0.5, 0.6) is 5.75 Å². The van der Waals surface area contributed by atoms with Crippen molar-refractivity contribution in [1.29, 1.82) is 0 Å². The SMILES string of the molecule is O=c1[nH][nH]c(=CCc2ccc(O)cc2)c1=Cc1ccc(C(F)(F)F)[nH]1. The van der Waals surface area contributed by atoms with Gasteiger partial charge in [-0.2, -0.15) is 13.2 Å². The minimum Gasteiger partial charge on any atom is -0.508 e. The van der Waals surface area contributed by atoms with Gasteiger partial charge in [-0.05, 0) is 42.3 Å². The lowest BCUT2D eigenvalue weighted by Crippen LogP contribution is -2.33. The number of rotatable bonds is 3. The molecule has 0 saturated heterocycles. The summed E-state index contributed by atoms with van der Waals surface area (Å²) >= 11 is 0. The smallest absolute Gasteiger partial charge is 0.431 e. The standard InChI is InChI=1S/C17H14F3N3O2/c18-17(19,20)15-8-4-11(21-15)9-13-14(22-23-16(13)25)7-3-10-1-5-12(24)6-2-10/h1-2,4-9,21-22,24H,3H2,(H,23,25). The van der Waals surface area contributed by atoms with Gasteiger partial charge in [-0.3, -0.25) is 15.0 Å². The highest BCUT2D eigenvalue weighted by molar-refractivity contribution is 5.47. The van der Waals surface area contributed by atoms with Crippen molar-refractivity contribution in [3.8, 4) is 5.75 Å². The van der Waals surface area contributed by atoms with Crippen LogP contribution >= 0.6 is 0 Å². The second-order valence-electron chi connectivity index (χ2n) is 5.45. The summed E-state index contributed by atoms with van der Waals surface area (Å²) < 4.78 is 37.9. The monoisotopic (exact) mass is 349 g/mol. The van der Waals surface area contributed by atoms with Crippen molar-refractivity contribution in [3.63, 3.8) is 0 Å². The summed E-state index contributed by atoms with van der Waals surface area (Å²) in [5, 5.41) is 15.1. The first-order valence-electron chi connectivity index (χ1n) is 7.35. The third-order valence-electron chi connectivity index (χ3n) is 3.64. The van der Waals surface area contributed by atoms with Crippen molar-refractivity contribution < 1.29 is 18.3 Å². The third kappa shape index (κ3) is 3.85. The van der Waals surface area contributed by atoms with Gasteiger partial charge < -0.3 is 10.1 Å². The predicted molar refractivity (Wildman–Crippen MR) is 86.3 cm³/mol. The molecule has 0 atom stereocenters. The Balaban J connectivity index is 1.96. The largest absolute Gasteiger partial charge is 0.508 e. The number of hydrogen-bond acceptors (Lipinski definition) is 2. The molecule has 0 aliphatic carbocycles. The summed E-state index contributed by atoms with van der Waals surface area (Å²) in [6.45, 7) is 0. The number of aromatic nitrogens is 3. The number of halogens is 3. The highest BCUT2D eigenvalue weighted by atomic mass is 19.4. The highest BCUT2D eigenvalue weighted by Gasteiger charge is 2.31. The second-order valence-corrected chi connectivity index (χ2v) is 5.45. The number of nitrogens with one attached hydrogen (secondary N) is 3. The normalized spacial score (nSPS) is 13.6. The van der Waals surface area contributed by atoms with Crippen LogP contribution in [-0.2, 0) is 12.6 Å². The molecule has 0 amide bonds. The van der Waals surface area contributed by atoms with Crippen LogP contribution in [0.3, 0.4) is 0 Å². The summed E-state index contributed by atoms with van der Waals surface area (Å²) in [6.07, 6.45) is -0.894. The van der Waals surface area contributed by atoms with Gasteiger partial charge in [0.15, 0.2) is 0 Å². The third-order valence-corrected chi connectivity index (χ3v) is 3.64. The van der Waals surface area contributed by atoms with E-state index in [9.17, 15) is 23.1 Å². The number of aromatic amines is 3. The van der Waals surface area contributed by atoms with E-state index >= 15 is 0 Å². The Morgan fingerprint density at radius 3 is 2.40 bits per heavy atom. The van der Waals surface area contributed by atoms with E-state index in [1.54, 1.807) is 30.3 Å². The Bertz CT molecular complexity index is 1040. The van der Waals surface area contributed by atoms with E-state index in [0.717, 1.165) is 11.6 Å². The minimum atomic E-state index is -4.47. The number of aromatic hydroxyl groups is 1. The maximum Gasteiger partial charge on any atom is 0.431 e. The first-order chi connectivity index (χ1) is 11.8. The summed E-state index contributed by atoms with van der Waals surface area (Å²) in [7, 11) is 0. The molecule has 0 saturated carbocycles. The molecule has 0 fully saturated rings. The number of phenolic OH excluding ortho intramolecular Hbond substituents is 1. The van der Waals surface area contributed by atoms with Crippen LogP contribution < -0.4 is 16.1 Å². The summed E-state index contributed by atoms with van der Waals surface area (Å²) in [4.78, 5) is 14.1. The molecule has 3 aromatic rings. The van der Waals surface area contributed by atoms with Crippen LogP contribution in [0.2, 0.25) is 0 Å². The van der Waals surface area contributed by atoms with E-state index in [0.29, 0.717) is 11.8 Å². The van der Waals surface area contributed by atoms with E-state index < -0.39 is 17.4 Å². The fourth-order valence-corrected chi connectivity index (χ4v) is 2.35. The average Bonchev–Trinajstić information content (AvgIpc) is 3.16. The van der Waals surface area contributed by atoms with Gasteiger partial charge in [-0.15, -0.1) is 0 Å². The topological polar surface area (TPSA) is 84.7 Å². The summed E-state index contributed by atoms with van der Waals surface area (Å²) in [6, 6.07) is 8.76. The fourth-order valence-electron chi connectivity index (χ4n) is 2.35. The van der Waals surface area contributed by atoms with Crippen molar-refractivity contribution in [3.05, 3.63) is 74.3 Å². The van der Waals surface area contributed by atoms with Crippen LogP contribution in [0, 0.1) is 0 Å². The van der Waals surface area contributed by atoms with Gasteiger partial charge in [0, 0.05) is 5.69 Å². The van der Waals surface area contributed by atoms with Crippen molar-refractivity contribution in [2.24, 2.45) is 0 Å². The predicted octanol–water partition coefficient (Wildman–Crippen LogP) is 1.61. The lowest BCUT2D eigenvalue weighted by atomic mass is 10.1. The summed E-state index contributed by atoms with van der Waals surface area (Å²) in [5.74, 6) is 0.153. The maximum absolute atomic E-state index is 12.6. The molecule has 4 N–H and O–H groups in total. The molecule has 2 heterocycles. The van der Waals surface area contributed by atoms with E-state index in [1.165, 1.54) is 12.1 Å². The number of H-pyrrole nitrogens is 3. The molecule has 0 radical (unpaired) electrons. The molecule has 0 bridgehead atoms. The van der Waals surface area contributed by atoms with Crippen molar-refractivity contribution >= 4 is 12.2 Å². The Kier molecular flexibility index (Phi) is 4.26. The maximum atomic E-state index is 12.6. The fraction of sp³-hybridized carbons (Fsp3) is 0.118. The average molecular weight is 349 g/mol. The van der Waals surface area contributed by atoms with Gasteiger partial charge in [0.1, 0.15) is 11.4 Å². The Labute approximate surface area is 139 Å². The van der Waals surface area contributed by atoms with E-state index in [1.807, 2.05) is 0 Å². The van der Waals surface area contributed by atoms with Crippen LogP contribution in [0.1, 0.15) is 17.0 Å². The zero-order valence-electron chi connectivity index (χ0n) is 12.8. The molecule has 3 rings (SSSR count). The Hall–Kier alpha value is -3.16. The van der Waals surface area contributed by atoms with Crippen LogP contribution in [0.4, 0.5) is 13.2 Å². The zero-order valence-corrected chi connectivity index (χ0v) is 12.8.